The van der Waals surface area contributed by atoms with Crippen molar-refractivity contribution in [3.8, 4) is 0 Å². The number of aliphatic hydroxyl groups is 1. The molecule has 3 N–H and O–H groups in total. The minimum atomic E-state index is -0.156. The van der Waals surface area contributed by atoms with Crippen LogP contribution in [0.15, 0.2) is 29.3 Å². The third-order valence-electron chi connectivity index (χ3n) is 9.58. The number of hydrogen-bond acceptors (Lipinski definition) is 5. The SMILES string of the molecule is C[C@]12CCC3C(CCC4=CC(=NOCC(=O)NCCc5cnc[nH]5)CC[C@@]43C)C1CCC2O. The first-order chi connectivity index (χ1) is 15.9. The molecule has 3 fully saturated rings. The maximum atomic E-state index is 12.0. The van der Waals surface area contributed by atoms with Gasteiger partial charge in [0.25, 0.3) is 5.91 Å². The Hall–Kier alpha value is -2.15. The van der Waals surface area contributed by atoms with Crippen molar-refractivity contribution >= 4 is 11.6 Å². The van der Waals surface area contributed by atoms with E-state index in [2.05, 4.69) is 40.4 Å². The second kappa shape index (κ2) is 8.90. The average molecular weight is 455 g/mol. The lowest BCUT2D eigenvalue weighted by atomic mass is 9.47. The summed E-state index contributed by atoms with van der Waals surface area (Å²) in [6, 6.07) is 0. The number of carbonyl (C=O) groups is 1. The number of amides is 1. The molecule has 7 nitrogen and oxygen atoms in total. The molecule has 0 aromatic carbocycles. The van der Waals surface area contributed by atoms with Crippen molar-refractivity contribution in [1.82, 2.24) is 15.3 Å². The Bertz CT molecular complexity index is 926. The maximum Gasteiger partial charge on any atom is 0.260 e. The zero-order chi connectivity index (χ0) is 23.1. The van der Waals surface area contributed by atoms with Crippen molar-refractivity contribution in [1.29, 1.82) is 0 Å². The van der Waals surface area contributed by atoms with Crippen LogP contribution >= 0.6 is 0 Å². The molecular formula is C26H38N4O3. The van der Waals surface area contributed by atoms with E-state index in [1.54, 1.807) is 12.5 Å². The standard InChI is InChI=1S/C26H38N4O3/c1-25-10-7-18(30-33-15-24(32)28-12-9-19-14-27-16-29-19)13-17(25)3-4-20-21-5-6-23(31)26(21,2)11-8-22(20)25/h13-14,16,20-23,31H,3-12,15H2,1-2H3,(H,27,29)(H,28,32)/t20?,21?,22?,23?,25-,26-/m0/s1. The van der Waals surface area contributed by atoms with Crippen LogP contribution < -0.4 is 5.32 Å². The number of fused-ring (bicyclic) bond motifs is 5. The van der Waals surface area contributed by atoms with Gasteiger partial charge in [0.2, 0.25) is 0 Å². The second-order valence-corrected chi connectivity index (χ2v) is 11.2. The summed E-state index contributed by atoms with van der Waals surface area (Å²) in [7, 11) is 0. The van der Waals surface area contributed by atoms with Crippen LogP contribution in [0.4, 0.5) is 0 Å². The van der Waals surface area contributed by atoms with Crippen molar-refractivity contribution in [3.05, 3.63) is 29.9 Å². The van der Waals surface area contributed by atoms with E-state index >= 15 is 0 Å². The summed E-state index contributed by atoms with van der Waals surface area (Å²) < 4.78 is 0. The molecule has 180 valence electrons. The number of aromatic amines is 1. The zero-order valence-electron chi connectivity index (χ0n) is 20.0. The van der Waals surface area contributed by atoms with Gasteiger partial charge in [0.05, 0.1) is 18.1 Å². The number of nitrogens with one attached hydrogen (secondary N) is 2. The summed E-state index contributed by atoms with van der Waals surface area (Å²) in [6.07, 6.45) is 15.2. The fourth-order valence-corrected chi connectivity index (χ4v) is 7.60. The summed E-state index contributed by atoms with van der Waals surface area (Å²) in [5, 5.41) is 17.8. The number of allylic oxidation sites excluding steroid dienone is 2. The van der Waals surface area contributed by atoms with Gasteiger partial charge in [-0.3, -0.25) is 4.79 Å². The van der Waals surface area contributed by atoms with Crippen LogP contribution in [-0.4, -0.2) is 45.9 Å². The van der Waals surface area contributed by atoms with Crippen LogP contribution in [0.1, 0.15) is 70.9 Å². The Morgan fingerprint density at radius 1 is 1.24 bits per heavy atom. The molecule has 0 aliphatic heterocycles. The molecule has 0 spiro atoms. The smallest absolute Gasteiger partial charge is 0.260 e. The topological polar surface area (TPSA) is 99.6 Å². The summed E-state index contributed by atoms with van der Waals surface area (Å²) in [5.41, 5.74) is 3.84. The highest BCUT2D eigenvalue weighted by Crippen LogP contribution is 2.65. The zero-order valence-corrected chi connectivity index (χ0v) is 20.0. The number of aromatic nitrogens is 2. The highest BCUT2D eigenvalue weighted by molar-refractivity contribution is 5.96. The second-order valence-electron chi connectivity index (χ2n) is 11.2. The van der Waals surface area contributed by atoms with Gasteiger partial charge < -0.3 is 20.2 Å². The van der Waals surface area contributed by atoms with Crippen LogP contribution in [0.3, 0.4) is 0 Å². The van der Waals surface area contributed by atoms with E-state index in [1.807, 2.05) is 0 Å². The number of nitrogens with zero attached hydrogens (tertiary/aromatic N) is 2. The molecule has 33 heavy (non-hydrogen) atoms. The molecule has 7 heteroatoms. The Labute approximate surface area is 196 Å². The monoisotopic (exact) mass is 454 g/mol. The normalized spacial score (nSPS) is 38.8. The summed E-state index contributed by atoms with van der Waals surface area (Å²) in [5.74, 6) is 1.97. The fraction of sp³-hybridized carbons (Fsp3) is 0.731. The molecule has 0 saturated heterocycles. The van der Waals surface area contributed by atoms with Gasteiger partial charge in [0.15, 0.2) is 6.61 Å². The van der Waals surface area contributed by atoms with Crippen LogP contribution in [0.2, 0.25) is 0 Å². The van der Waals surface area contributed by atoms with E-state index in [-0.39, 0.29) is 29.4 Å². The van der Waals surface area contributed by atoms with Gasteiger partial charge in [-0.1, -0.05) is 24.6 Å². The van der Waals surface area contributed by atoms with Crippen molar-refractivity contribution in [2.24, 2.45) is 33.7 Å². The predicted molar refractivity (Wildman–Crippen MR) is 126 cm³/mol. The third kappa shape index (κ3) is 4.13. The molecule has 4 aliphatic carbocycles. The highest BCUT2D eigenvalue weighted by Gasteiger charge is 2.58. The number of rotatable bonds is 6. The molecule has 3 saturated carbocycles. The lowest BCUT2D eigenvalue weighted by Crippen LogP contribution is -2.51. The number of hydrogen-bond donors (Lipinski definition) is 3. The number of carbonyl (C=O) groups excluding carboxylic acids is 1. The molecule has 1 aromatic rings. The van der Waals surface area contributed by atoms with Crippen LogP contribution in [-0.2, 0) is 16.1 Å². The third-order valence-corrected chi connectivity index (χ3v) is 9.58. The Balaban J connectivity index is 1.16. The van der Waals surface area contributed by atoms with Gasteiger partial charge in [0, 0.05) is 24.9 Å². The molecule has 4 aliphatic rings. The Morgan fingerprint density at radius 3 is 2.94 bits per heavy atom. The molecule has 6 atom stereocenters. The van der Waals surface area contributed by atoms with Gasteiger partial charge in [-0.25, -0.2) is 4.98 Å². The van der Waals surface area contributed by atoms with E-state index in [0.29, 0.717) is 24.8 Å². The summed E-state index contributed by atoms with van der Waals surface area (Å²) in [6.45, 7) is 5.30. The first-order valence-electron chi connectivity index (χ1n) is 12.7. The lowest BCUT2D eigenvalue weighted by molar-refractivity contribution is -0.125. The van der Waals surface area contributed by atoms with Crippen molar-refractivity contribution in [3.63, 3.8) is 0 Å². The van der Waals surface area contributed by atoms with E-state index < -0.39 is 0 Å². The molecule has 1 amide bonds. The Kier molecular flexibility index (Phi) is 6.10. The van der Waals surface area contributed by atoms with Gasteiger partial charge in [-0.2, -0.15) is 0 Å². The van der Waals surface area contributed by atoms with Gasteiger partial charge in [0.1, 0.15) is 0 Å². The first kappa shape index (κ1) is 22.6. The number of imidazole rings is 1. The minimum absolute atomic E-state index is 0.0554. The number of aliphatic hydroxyl groups excluding tert-OH is 1. The fourth-order valence-electron chi connectivity index (χ4n) is 7.60. The molecule has 1 aromatic heterocycles. The minimum Gasteiger partial charge on any atom is -0.393 e. The van der Waals surface area contributed by atoms with Gasteiger partial charge in [-0.15, -0.1) is 0 Å². The number of oxime groups is 1. The average Bonchev–Trinajstić information content (AvgIpc) is 3.42. The molecule has 4 unspecified atom stereocenters. The molecule has 1 heterocycles. The van der Waals surface area contributed by atoms with Crippen molar-refractivity contribution in [2.75, 3.05) is 13.2 Å². The van der Waals surface area contributed by atoms with Gasteiger partial charge in [-0.05, 0) is 86.0 Å². The van der Waals surface area contributed by atoms with E-state index in [4.69, 9.17) is 4.84 Å². The molecule has 0 bridgehead atoms. The van der Waals surface area contributed by atoms with E-state index in [1.165, 1.54) is 24.8 Å². The Morgan fingerprint density at radius 2 is 2.12 bits per heavy atom. The van der Waals surface area contributed by atoms with E-state index in [9.17, 15) is 9.90 Å². The van der Waals surface area contributed by atoms with Crippen molar-refractivity contribution < 1.29 is 14.7 Å². The van der Waals surface area contributed by atoms with E-state index in [0.717, 1.165) is 49.4 Å². The van der Waals surface area contributed by atoms with Gasteiger partial charge >= 0.3 is 0 Å². The number of H-pyrrole nitrogens is 1. The molecule has 0 radical (unpaired) electrons. The lowest BCUT2D eigenvalue weighted by Gasteiger charge is -2.57. The van der Waals surface area contributed by atoms with Crippen LogP contribution in [0.25, 0.3) is 0 Å². The molecule has 5 rings (SSSR count). The largest absolute Gasteiger partial charge is 0.393 e. The van der Waals surface area contributed by atoms with Crippen LogP contribution in [0.5, 0.6) is 0 Å². The summed E-state index contributed by atoms with van der Waals surface area (Å²) in [4.78, 5) is 24.4. The highest BCUT2D eigenvalue weighted by atomic mass is 16.6. The van der Waals surface area contributed by atoms with Crippen LogP contribution in [0, 0.1) is 28.6 Å². The quantitative estimate of drug-likeness (QED) is 0.570. The van der Waals surface area contributed by atoms with Crippen molar-refractivity contribution in [2.45, 2.75) is 77.7 Å². The maximum absolute atomic E-state index is 12.0. The molecular weight excluding hydrogens is 416 g/mol. The first-order valence-corrected chi connectivity index (χ1v) is 12.7. The summed E-state index contributed by atoms with van der Waals surface area (Å²) >= 11 is 0. The predicted octanol–water partition coefficient (Wildman–Crippen LogP) is 3.76.